The Balaban J connectivity index is 1.27. The average molecular weight is 436 g/mol. The summed E-state index contributed by atoms with van der Waals surface area (Å²) in [5.41, 5.74) is 2.95. The monoisotopic (exact) mass is 435 g/mol. The number of benzene rings is 2. The summed E-state index contributed by atoms with van der Waals surface area (Å²) in [6.07, 6.45) is 1.62. The molecule has 1 aromatic heterocycles. The van der Waals surface area contributed by atoms with E-state index >= 15 is 0 Å². The van der Waals surface area contributed by atoms with Crippen molar-refractivity contribution in [1.29, 1.82) is 0 Å². The fraction of sp³-hybridized carbons (Fsp3) is 0.304. The summed E-state index contributed by atoms with van der Waals surface area (Å²) in [5.74, 6) is -0.0260. The van der Waals surface area contributed by atoms with E-state index in [-0.39, 0.29) is 17.9 Å². The number of nitrogens with one attached hydrogen (secondary N) is 2. The summed E-state index contributed by atoms with van der Waals surface area (Å²) in [6.45, 7) is 3.85. The minimum atomic E-state index is -0.245. The molecular formula is C23H25N5O2S. The first-order valence-electron chi connectivity index (χ1n) is 10.4. The first kappa shape index (κ1) is 21.0. The van der Waals surface area contributed by atoms with Gasteiger partial charge in [-0.1, -0.05) is 59.4 Å². The lowest BCUT2D eigenvalue weighted by Crippen LogP contribution is -2.43. The van der Waals surface area contributed by atoms with E-state index in [2.05, 4.69) is 20.8 Å². The van der Waals surface area contributed by atoms with Crippen molar-refractivity contribution in [1.82, 2.24) is 20.4 Å². The molecule has 1 saturated heterocycles. The van der Waals surface area contributed by atoms with Gasteiger partial charge >= 0.3 is 6.03 Å². The molecule has 0 atom stereocenters. The predicted molar refractivity (Wildman–Crippen MR) is 121 cm³/mol. The maximum absolute atomic E-state index is 12.5. The van der Waals surface area contributed by atoms with Crippen molar-refractivity contribution < 1.29 is 9.59 Å². The molecule has 31 heavy (non-hydrogen) atoms. The number of carbonyl (C=O) groups excluding carboxylic acids is 2. The maximum Gasteiger partial charge on any atom is 0.317 e. The molecule has 2 N–H and O–H groups in total. The third-order valence-corrected chi connectivity index (χ3v) is 6.45. The largest absolute Gasteiger partial charge is 0.334 e. The number of piperidine rings is 1. The highest BCUT2D eigenvalue weighted by molar-refractivity contribution is 7.13. The van der Waals surface area contributed by atoms with Crippen molar-refractivity contribution in [2.45, 2.75) is 32.2 Å². The van der Waals surface area contributed by atoms with E-state index in [9.17, 15) is 9.59 Å². The number of carbonyl (C=O) groups is 2. The van der Waals surface area contributed by atoms with Crippen LogP contribution in [0.15, 0.2) is 54.6 Å². The molecule has 3 amide bonds. The van der Waals surface area contributed by atoms with Crippen LogP contribution in [0.1, 0.15) is 44.7 Å². The molecular weight excluding hydrogens is 410 g/mol. The second kappa shape index (κ2) is 9.70. The van der Waals surface area contributed by atoms with Gasteiger partial charge in [0.25, 0.3) is 5.91 Å². The lowest BCUT2D eigenvalue weighted by molar-refractivity contribution is 0.102. The van der Waals surface area contributed by atoms with Crippen LogP contribution in [-0.2, 0) is 6.54 Å². The molecule has 0 bridgehead atoms. The van der Waals surface area contributed by atoms with Crippen LogP contribution in [0.3, 0.4) is 0 Å². The van der Waals surface area contributed by atoms with E-state index in [1.54, 1.807) is 0 Å². The number of aryl methyl sites for hydroxylation is 1. The second-order valence-corrected chi connectivity index (χ2v) is 8.68. The van der Waals surface area contributed by atoms with Crippen LogP contribution in [0.5, 0.6) is 0 Å². The van der Waals surface area contributed by atoms with Gasteiger partial charge in [0.05, 0.1) is 0 Å². The average Bonchev–Trinajstić information content (AvgIpc) is 3.30. The van der Waals surface area contributed by atoms with E-state index in [0.717, 1.165) is 34.7 Å². The first-order chi connectivity index (χ1) is 15.1. The van der Waals surface area contributed by atoms with Gasteiger partial charge in [0.15, 0.2) is 0 Å². The highest BCUT2D eigenvalue weighted by atomic mass is 32.1. The molecule has 1 aliphatic rings. The van der Waals surface area contributed by atoms with E-state index in [0.29, 0.717) is 24.6 Å². The van der Waals surface area contributed by atoms with Crippen LogP contribution in [0, 0.1) is 6.92 Å². The Hall–Kier alpha value is -3.26. The Morgan fingerprint density at radius 1 is 1.03 bits per heavy atom. The van der Waals surface area contributed by atoms with Crippen molar-refractivity contribution in [2.24, 2.45) is 0 Å². The van der Waals surface area contributed by atoms with Crippen molar-refractivity contribution in [2.75, 3.05) is 18.4 Å². The SMILES string of the molecule is Cc1ccc(NC(=O)c2nnc(C3CCN(C(=O)NCc4ccccc4)CC3)s2)cc1. The third kappa shape index (κ3) is 5.46. The molecule has 1 fully saturated rings. The molecule has 0 spiro atoms. The van der Waals surface area contributed by atoms with Crippen molar-refractivity contribution in [3.63, 3.8) is 0 Å². The number of anilines is 1. The molecule has 1 aliphatic heterocycles. The summed E-state index contributed by atoms with van der Waals surface area (Å²) in [7, 11) is 0. The summed E-state index contributed by atoms with van der Waals surface area (Å²) >= 11 is 1.33. The number of hydrogen-bond acceptors (Lipinski definition) is 5. The van der Waals surface area contributed by atoms with Crippen molar-refractivity contribution in [3.05, 3.63) is 75.7 Å². The fourth-order valence-electron chi connectivity index (χ4n) is 3.53. The van der Waals surface area contributed by atoms with Gasteiger partial charge in [0.2, 0.25) is 5.01 Å². The van der Waals surface area contributed by atoms with E-state index in [4.69, 9.17) is 0 Å². The topological polar surface area (TPSA) is 87.2 Å². The Morgan fingerprint density at radius 2 is 1.74 bits per heavy atom. The zero-order valence-electron chi connectivity index (χ0n) is 17.4. The standard InChI is InChI=1S/C23H25N5O2S/c1-16-7-9-19(10-8-16)25-20(29)22-27-26-21(31-22)18-11-13-28(14-12-18)23(30)24-15-17-5-3-2-4-6-17/h2-10,18H,11-15H2,1H3,(H,24,30)(H,25,29). The van der Waals surface area contributed by atoms with Crippen LogP contribution >= 0.6 is 11.3 Å². The van der Waals surface area contributed by atoms with Gasteiger partial charge in [0, 0.05) is 31.2 Å². The molecule has 2 aromatic carbocycles. The van der Waals surface area contributed by atoms with Crippen LogP contribution in [0.4, 0.5) is 10.5 Å². The highest BCUT2D eigenvalue weighted by Crippen LogP contribution is 2.30. The first-order valence-corrected chi connectivity index (χ1v) is 11.2. The summed E-state index contributed by atoms with van der Waals surface area (Å²) in [4.78, 5) is 26.7. The zero-order chi connectivity index (χ0) is 21.6. The predicted octanol–water partition coefficient (Wildman–Crippen LogP) is 4.19. The maximum atomic E-state index is 12.5. The summed E-state index contributed by atoms with van der Waals surface area (Å²) in [6, 6.07) is 17.5. The van der Waals surface area contributed by atoms with Gasteiger partial charge in [0.1, 0.15) is 5.01 Å². The van der Waals surface area contributed by atoms with Crippen molar-refractivity contribution >= 4 is 29.0 Å². The molecule has 2 heterocycles. The summed E-state index contributed by atoms with van der Waals surface area (Å²) < 4.78 is 0. The van der Waals surface area contributed by atoms with Crippen LogP contribution in [0.2, 0.25) is 0 Å². The molecule has 0 saturated carbocycles. The molecule has 8 heteroatoms. The quantitative estimate of drug-likeness (QED) is 0.629. The fourth-order valence-corrected chi connectivity index (χ4v) is 4.44. The number of aromatic nitrogens is 2. The number of amides is 3. The van der Waals surface area contributed by atoms with Crippen LogP contribution < -0.4 is 10.6 Å². The Kier molecular flexibility index (Phi) is 6.57. The van der Waals surface area contributed by atoms with Crippen molar-refractivity contribution in [3.8, 4) is 0 Å². The normalized spacial score (nSPS) is 14.3. The number of rotatable bonds is 5. The number of likely N-dealkylation sites (tertiary alicyclic amines) is 1. The van der Waals surface area contributed by atoms with E-state index < -0.39 is 0 Å². The highest BCUT2D eigenvalue weighted by Gasteiger charge is 2.27. The molecule has 0 radical (unpaired) electrons. The zero-order valence-corrected chi connectivity index (χ0v) is 18.2. The number of nitrogens with zero attached hydrogens (tertiary/aromatic N) is 3. The molecule has 160 valence electrons. The molecule has 0 aliphatic carbocycles. The van der Waals surface area contributed by atoms with Gasteiger partial charge in [-0.25, -0.2) is 4.79 Å². The Labute approximate surface area is 185 Å². The van der Waals surface area contributed by atoms with Gasteiger partial charge in [-0.15, -0.1) is 10.2 Å². The van der Waals surface area contributed by atoms with Gasteiger partial charge < -0.3 is 15.5 Å². The lowest BCUT2D eigenvalue weighted by atomic mass is 9.98. The van der Waals surface area contributed by atoms with Gasteiger partial charge in [-0.3, -0.25) is 4.79 Å². The Bertz CT molecular complexity index is 1030. The van der Waals surface area contributed by atoms with Gasteiger partial charge in [-0.2, -0.15) is 0 Å². The molecule has 4 rings (SSSR count). The second-order valence-electron chi connectivity index (χ2n) is 7.67. The molecule has 0 unspecified atom stereocenters. The summed E-state index contributed by atoms with van der Waals surface area (Å²) in [5, 5.41) is 15.4. The van der Waals surface area contributed by atoms with Gasteiger partial charge in [-0.05, 0) is 37.5 Å². The number of urea groups is 1. The van der Waals surface area contributed by atoms with Crippen LogP contribution in [0.25, 0.3) is 0 Å². The van der Waals surface area contributed by atoms with E-state index in [1.807, 2.05) is 66.4 Å². The molecule has 3 aromatic rings. The lowest BCUT2D eigenvalue weighted by Gasteiger charge is -2.31. The smallest absolute Gasteiger partial charge is 0.317 e. The van der Waals surface area contributed by atoms with E-state index in [1.165, 1.54) is 11.3 Å². The third-order valence-electron chi connectivity index (χ3n) is 5.36. The minimum Gasteiger partial charge on any atom is -0.334 e. The Morgan fingerprint density at radius 3 is 2.45 bits per heavy atom. The molecule has 7 nitrogen and oxygen atoms in total. The van der Waals surface area contributed by atoms with Crippen LogP contribution in [-0.4, -0.2) is 40.1 Å². The minimum absolute atomic E-state index is 0.0438. The number of hydrogen-bond donors (Lipinski definition) is 2.